The van der Waals surface area contributed by atoms with Crippen molar-refractivity contribution in [1.29, 1.82) is 0 Å². The Bertz CT molecular complexity index is 1150. The van der Waals surface area contributed by atoms with E-state index in [1.807, 2.05) is 4.57 Å². The molecule has 172 valence electrons. The minimum atomic E-state index is -3.39. The molecule has 2 aromatic heterocycles. The van der Waals surface area contributed by atoms with Gasteiger partial charge in [0.2, 0.25) is 10.0 Å². The number of sulfonamides is 1. The summed E-state index contributed by atoms with van der Waals surface area (Å²) in [5.41, 5.74) is 1.25. The lowest BCUT2D eigenvalue weighted by molar-refractivity contribution is -0.122. The van der Waals surface area contributed by atoms with E-state index in [4.69, 9.17) is 14.6 Å². The van der Waals surface area contributed by atoms with Crippen LogP contribution in [-0.4, -0.2) is 76.7 Å². The van der Waals surface area contributed by atoms with Gasteiger partial charge in [0, 0.05) is 50.4 Å². The monoisotopic (exact) mass is 465 g/mol. The molecule has 32 heavy (non-hydrogen) atoms. The van der Waals surface area contributed by atoms with Crippen LogP contribution in [0.15, 0.2) is 49.1 Å². The molecule has 3 aromatic rings. The van der Waals surface area contributed by atoms with Crippen molar-refractivity contribution in [3.63, 3.8) is 0 Å². The number of carbonyl (C=O) groups is 1. The number of benzene rings is 1. The van der Waals surface area contributed by atoms with Gasteiger partial charge in [0.25, 0.3) is 6.47 Å². The molecule has 0 radical (unpaired) electrons. The largest absolute Gasteiger partial charge is 0.483 e. The highest BCUT2D eigenvalue weighted by Gasteiger charge is 2.35. The number of aromatic nitrogens is 4. The zero-order valence-electron chi connectivity index (χ0n) is 17.6. The van der Waals surface area contributed by atoms with Crippen LogP contribution < -0.4 is 0 Å². The standard InChI is InChI=1S/C19H22FN5O3S.CH2O2/c1-23(2)29(26,27)13-14-11-28-12-18(14)24-9-7-21-19(24)16-10-15(20)4-5-17(16)25-8-3-6-22-25;2-1-3/h3-10,14,18H,11-13H2,1-2H3;1H,(H,2,3)/t14-,18-;/m1./s1. The molecule has 0 bridgehead atoms. The predicted octanol–water partition coefficient (Wildman–Crippen LogP) is 1.65. The van der Waals surface area contributed by atoms with Gasteiger partial charge in [-0.3, -0.25) is 4.79 Å². The van der Waals surface area contributed by atoms with Gasteiger partial charge in [0.05, 0.1) is 30.7 Å². The molecule has 2 atom stereocenters. The molecule has 1 saturated heterocycles. The molecule has 0 unspecified atom stereocenters. The van der Waals surface area contributed by atoms with Crippen molar-refractivity contribution in [3.05, 3.63) is 54.9 Å². The third-order valence-corrected chi connectivity index (χ3v) is 7.08. The summed E-state index contributed by atoms with van der Waals surface area (Å²) in [6.07, 6.45) is 6.83. The molecule has 3 heterocycles. The van der Waals surface area contributed by atoms with Gasteiger partial charge < -0.3 is 14.4 Å². The fraction of sp³-hybridized carbons (Fsp3) is 0.350. The third-order valence-electron chi connectivity index (χ3n) is 5.12. The van der Waals surface area contributed by atoms with Crippen molar-refractivity contribution < 1.29 is 27.4 Å². The second kappa shape index (κ2) is 10.0. The van der Waals surface area contributed by atoms with Gasteiger partial charge in [-0.2, -0.15) is 5.10 Å². The van der Waals surface area contributed by atoms with Crippen LogP contribution in [0, 0.1) is 11.7 Å². The van der Waals surface area contributed by atoms with Gasteiger partial charge in [0.15, 0.2) is 0 Å². The lowest BCUT2D eigenvalue weighted by Crippen LogP contribution is -2.32. The molecule has 0 spiro atoms. The maximum Gasteiger partial charge on any atom is 0.290 e. The molecular weight excluding hydrogens is 441 g/mol. The summed E-state index contributed by atoms with van der Waals surface area (Å²) in [6, 6.07) is 5.99. The molecule has 0 aliphatic carbocycles. The van der Waals surface area contributed by atoms with Gasteiger partial charge in [0.1, 0.15) is 11.6 Å². The van der Waals surface area contributed by atoms with Gasteiger partial charge in [-0.15, -0.1) is 0 Å². The summed E-state index contributed by atoms with van der Waals surface area (Å²) in [5.74, 6) is -0.119. The first-order valence-corrected chi connectivity index (χ1v) is 11.3. The first-order valence-electron chi connectivity index (χ1n) is 9.67. The Balaban J connectivity index is 0.000000913. The number of halogens is 1. The van der Waals surface area contributed by atoms with Crippen molar-refractivity contribution in [2.75, 3.05) is 33.1 Å². The second-order valence-electron chi connectivity index (χ2n) is 7.30. The highest BCUT2D eigenvalue weighted by molar-refractivity contribution is 7.89. The van der Waals surface area contributed by atoms with E-state index in [1.54, 1.807) is 41.6 Å². The molecule has 1 aromatic carbocycles. The Morgan fingerprint density at radius 2 is 2.03 bits per heavy atom. The van der Waals surface area contributed by atoms with Gasteiger partial charge >= 0.3 is 0 Å². The van der Waals surface area contributed by atoms with Crippen LogP contribution in [0.1, 0.15) is 6.04 Å². The van der Waals surface area contributed by atoms with Crippen LogP contribution in [0.3, 0.4) is 0 Å². The molecule has 1 aliphatic heterocycles. The summed E-state index contributed by atoms with van der Waals surface area (Å²) >= 11 is 0. The normalized spacial score (nSPS) is 18.4. The van der Waals surface area contributed by atoms with Crippen molar-refractivity contribution in [3.8, 4) is 17.1 Å². The van der Waals surface area contributed by atoms with Crippen LogP contribution in [0.25, 0.3) is 17.1 Å². The molecule has 1 N–H and O–H groups in total. The minimum absolute atomic E-state index is 0.0303. The number of nitrogens with zero attached hydrogens (tertiary/aromatic N) is 5. The average molecular weight is 466 g/mol. The predicted molar refractivity (Wildman–Crippen MR) is 114 cm³/mol. The van der Waals surface area contributed by atoms with E-state index in [-0.39, 0.29) is 30.0 Å². The zero-order valence-corrected chi connectivity index (χ0v) is 18.4. The van der Waals surface area contributed by atoms with Crippen molar-refractivity contribution in [2.24, 2.45) is 5.92 Å². The van der Waals surface area contributed by atoms with Gasteiger partial charge in [-0.05, 0) is 24.3 Å². The second-order valence-corrected chi connectivity index (χ2v) is 9.53. The number of ether oxygens (including phenoxy) is 1. The van der Waals surface area contributed by atoms with Gasteiger partial charge in [-0.25, -0.2) is 26.8 Å². The van der Waals surface area contributed by atoms with E-state index >= 15 is 0 Å². The Labute approximate surface area is 184 Å². The minimum Gasteiger partial charge on any atom is -0.483 e. The molecule has 0 saturated carbocycles. The first-order chi connectivity index (χ1) is 15.3. The van der Waals surface area contributed by atoms with Gasteiger partial charge in [-0.1, -0.05) is 0 Å². The number of hydrogen-bond donors (Lipinski definition) is 1. The summed E-state index contributed by atoms with van der Waals surface area (Å²) < 4.78 is 49.3. The molecule has 10 nitrogen and oxygen atoms in total. The number of rotatable bonds is 6. The highest BCUT2D eigenvalue weighted by atomic mass is 32.2. The summed E-state index contributed by atoms with van der Waals surface area (Å²) in [5, 5.41) is 11.1. The van der Waals surface area contributed by atoms with Crippen molar-refractivity contribution in [2.45, 2.75) is 6.04 Å². The number of imidazole rings is 1. The van der Waals surface area contributed by atoms with Crippen LogP contribution in [0.2, 0.25) is 0 Å². The third kappa shape index (κ3) is 5.03. The maximum absolute atomic E-state index is 14.1. The van der Waals surface area contributed by atoms with Crippen LogP contribution in [0.5, 0.6) is 0 Å². The Morgan fingerprint density at radius 3 is 2.69 bits per heavy atom. The quantitative estimate of drug-likeness (QED) is 0.550. The molecule has 1 fully saturated rings. The zero-order chi connectivity index (χ0) is 23.3. The Morgan fingerprint density at radius 1 is 1.28 bits per heavy atom. The van der Waals surface area contributed by atoms with Crippen LogP contribution >= 0.6 is 0 Å². The van der Waals surface area contributed by atoms with E-state index in [0.717, 1.165) is 0 Å². The fourth-order valence-corrected chi connectivity index (χ4v) is 4.72. The van der Waals surface area contributed by atoms with Crippen molar-refractivity contribution in [1.82, 2.24) is 23.6 Å². The SMILES string of the molecule is CN(C)S(=O)(=O)C[C@H]1COC[C@H]1n1ccnc1-c1cc(F)ccc1-n1cccn1.O=CO. The van der Waals surface area contributed by atoms with E-state index in [2.05, 4.69) is 10.1 Å². The van der Waals surface area contributed by atoms with E-state index in [9.17, 15) is 12.8 Å². The number of hydrogen-bond acceptors (Lipinski definition) is 6. The molecule has 0 amide bonds. The number of carboxylic acid groups (broad SMARTS) is 1. The van der Waals surface area contributed by atoms with E-state index < -0.39 is 10.0 Å². The molecule has 1 aliphatic rings. The van der Waals surface area contributed by atoms with E-state index in [0.29, 0.717) is 30.3 Å². The average Bonchev–Trinajstić information content (AvgIpc) is 3.49. The fourth-order valence-electron chi connectivity index (χ4n) is 3.56. The van der Waals surface area contributed by atoms with E-state index in [1.165, 1.54) is 30.5 Å². The topological polar surface area (TPSA) is 120 Å². The lowest BCUT2D eigenvalue weighted by Gasteiger charge is -2.23. The highest BCUT2D eigenvalue weighted by Crippen LogP contribution is 2.34. The molecule has 12 heteroatoms. The Kier molecular flexibility index (Phi) is 7.38. The van der Waals surface area contributed by atoms with Crippen molar-refractivity contribution >= 4 is 16.5 Å². The maximum atomic E-state index is 14.1. The summed E-state index contributed by atoms with van der Waals surface area (Å²) in [4.78, 5) is 12.8. The molecular formula is C20H24FN5O5S. The lowest BCUT2D eigenvalue weighted by atomic mass is 10.0. The smallest absolute Gasteiger partial charge is 0.290 e. The van der Waals surface area contributed by atoms with Crippen LogP contribution in [-0.2, 0) is 19.6 Å². The summed E-state index contributed by atoms with van der Waals surface area (Å²) in [6.45, 7) is 0.452. The van der Waals surface area contributed by atoms with Crippen LogP contribution in [0.4, 0.5) is 4.39 Å². The Hall–Kier alpha value is -3.09. The first kappa shape index (κ1) is 23.6. The summed E-state index contributed by atoms with van der Waals surface area (Å²) in [7, 11) is -0.348. The molecule has 4 rings (SSSR count).